The van der Waals surface area contributed by atoms with Gasteiger partial charge in [-0.1, -0.05) is 0 Å². The maximum atomic E-state index is 12.1. The van der Waals surface area contributed by atoms with Gasteiger partial charge < -0.3 is 9.64 Å². The van der Waals surface area contributed by atoms with Crippen LogP contribution < -0.4 is 4.90 Å². The van der Waals surface area contributed by atoms with E-state index in [1.807, 2.05) is 11.4 Å². The van der Waals surface area contributed by atoms with Crippen molar-refractivity contribution >= 4 is 39.2 Å². The smallest absolute Gasteiger partial charge is 0.309 e. The minimum absolute atomic E-state index is 0.0259. The number of piperidine rings is 1. The summed E-state index contributed by atoms with van der Waals surface area (Å²) in [5, 5.41) is 1.99. The Balaban J connectivity index is 1.47. The van der Waals surface area contributed by atoms with Crippen LogP contribution in [0.2, 0.25) is 0 Å². The van der Waals surface area contributed by atoms with Crippen molar-refractivity contribution in [3.05, 3.63) is 39.3 Å². The van der Waals surface area contributed by atoms with Gasteiger partial charge >= 0.3 is 5.97 Å². The Labute approximate surface area is 141 Å². The van der Waals surface area contributed by atoms with Gasteiger partial charge in [0.05, 0.1) is 9.70 Å². The molecule has 5 nitrogen and oxygen atoms in total. The van der Waals surface area contributed by atoms with Crippen LogP contribution in [-0.4, -0.2) is 29.0 Å². The Morgan fingerprint density at radius 3 is 2.73 bits per heavy atom. The van der Waals surface area contributed by atoms with Crippen LogP contribution in [0.3, 0.4) is 0 Å². The normalized spacial score (nSPS) is 15.8. The zero-order valence-corrected chi connectivity index (χ0v) is 14.3. The van der Waals surface area contributed by atoms with Gasteiger partial charge in [-0.3, -0.25) is 4.79 Å². The summed E-state index contributed by atoms with van der Waals surface area (Å²) in [4.78, 5) is 22.7. The molecule has 1 aliphatic heterocycles. The van der Waals surface area contributed by atoms with Gasteiger partial charge in [0.2, 0.25) is 5.95 Å². The molecule has 2 aromatic heterocycles. The zero-order chi connectivity index (χ0) is 15.4. The minimum Gasteiger partial charge on any atom is -0.461 e. The second-order valence-electron chi connectivity index (χ2n) is 5.18. The van der Waals surface area contributed by atoms with Crippen LogP contribution in [0.5, 0.6) is 0 Å². The molecule has 0 aliphatic carbocycles. The number of rotatable bonds is 4. The van der Waals surface area contributed by atoms with E-state index in [1.165, 1.54) is 0 Å². The van der Waals surface area contributed by atoms with Crippen molar-refractivity contribution in [1.82, 2.24) is 9.97 Å². The lowest BCUT2D eigenvalue weighted by Crippen LogP contribution is -2.37. The fraction of sp³-hybridized carbons (Fsp3) is 0.400. The van der Waals surface area contributed by atoms with Crippen LogP contribution >= 0.6 is 27.3 Å². The Hall–Kier alpha value is -1.47. The van der Waals surface area contributed by atoms with Gasteiger partial charge in [-0.25, -0.2) is 9.97 Å². The molecule has 0 N–H and O–H groups in total. The van der Waals surface area contributed by atoms with Crippen LogP contribution in [0.1, 0.15) is 18.4 Å². The van der Waals surface area contributed by atoms with Crippen LogP contribution in [0.4, 0.5) is 5.95 Å². The van der Waals surface area contributed by atoms with Crippen molar-refractivity contribution < 1.29 is 9.53 Å². The molecule has 0 bridgehead atoms. The number of halogens is 1. The Kier molecular flexibility index (Phi) is 5.04. The monoisotopic (exact) mass is 381 g/mol. The number of esters is 1. The van der Waals surface area contributed by atoms with Gasteiger partial charge in [0, 0.05) is 31.0 Å². The lowest BCUT2D eigenvalue weighted by atomic mass is 9.97. The average Bonchev–Trinajstić information content (AvgIpc) is 2.99. The van der Waals surface area contributed by atoms with Gasteiger partial charge in [-0.05, 0) is 46.3 Å². The van der Waals surface area contributed by atoms with Crippen LogP contribution in [0.15, 0.2) is 33.7 Å². The highest BCUT2D eigenvalue weighted by molar-refractivity contribution is 9.11. The molecule has 116 valence electrons. The zero-order valence-electron chi connectivity index (χ0n) is 11.9. The molecule has 3 rings (SSSR count). The third-order valence-corrected chi connectivity index (χ3v) is 5.22. The standard InChI is InChI=1S/C15H16BrN3O2S/c16-13-8-11(10-22-13)9-21-14(20)12-2-6-19(7-3-12)15-17-4-1-5-18-15/h1,4-5,8,10,12H,2-3,6-7,9H2. The number of anilines is 1. The van der Waals surface area contributed by atoms with Crippen LogP contribution in [-0.2, 0) is 16.1 Å². The summed E-state index contributed by atoms with van der Waals surface area (Å²) in [6.07, 6.45) is 5.04. The summed E-state index contributed by atoms with van der Waals surface area (Å²) < 4.78 is 6.47. The molecule has 7 heteroatoms. The SMILES string of the molecule is O=C(OCc1csc(Br)c1)C1CCN(c2ncccn2)CC1. The molecule has 1 fully saturated rings. The second kappa shape index (κ2) is 7.19. The minimum atomic E-state index is -0.101. The average molecular weight is 382 g/mol. The van der Waals surface area contributed by atoms with E-state index in [9.17, 15) is 4.79 Å². The molecule has 0 spiro atoms. The highest BCUT2D eigenvalue weighted by Crippen LogP contribution is 2.24. The van der Waals surface area contributed by atoms with E-state index in [4.69, 9.17) is 4.74 Å². The van der Waals surface area contributed by atoms with E-state index in [2.05, 4.69) is 30.8 Å². The number of carbonyl (C=O) groups excluding carboxylic acids is 1. The maximum absolute atomic E-state index is 12.1. The summed E-state index contributed by atoms with van der Waals surface area (Å²) in [7, 11) is 0. The molecule has 22 heavy (non-hydrogen) atoms. The highest BCUT2D eigenvalue weighted by Gasteiger charge is 2.27. The highest BCUT2D eigenvalue weighted by atomic mass is 79.9. The topological polar surface area (TPSA) is 55.3 Å². The molecule has 2 aromatic rings. The summed E-state index contributed by atoms with van der Waals surface area (Å²) in [6, 6.07) is 3.78. The predicted octanol–water partition coefficient (Wildman–Crippen LogP) is 3.26. The molecule has 3 heterocycles. The number of aromatic nitrogens is 2. The molecule has 0 radical (unpaired) electrons. The first kappa shape index (κ1) is 15.4. The van der Waals surface area contributed by atoms with E-state index in [1.54, 1.807) is 29.8 Å². The van der Waals surface area contributed by atoms with Crippen molar-refractivity contribution in [2.45, 2.75) is 19.4 Å². The Morgan fingerprint density at radius 1 is 1.36 bits per heavy atom. The number of nitrogens with zero attached hydrogens (tertiary/aromatic N) is 3. The number of thiophene rings is 1. The third-order valence-electron chi connectivity index (χ3n) is 3.67. The van der Waals surface area contributed by atoms with Gasteiger partial charge in [-0.2, -0.15) is 0 Å². The van der Waals surface area contributed by atoms with Gasteiger partial charge in [0.25, 0.3) is 0 Å². The van der Waals surface area contributed by atoms with Crippen molar-refractivity contribution in [2.24, 2.45) is 5.92 Å². The summed E-state index contributed by atoms with van der Waals surface area (Å²) in [5.41, 5.74) is 1.03. The molecule has 0 aromatic carbocycles. The lowest BCUT2D eigenvalue weighted by Gasteiger charge is -2.30. The molecule has 0 unspecified atom stereocenters. The van der Waals surface area contributed by atoms with E-state index >= 15 is 0 Å². The first-order valence-corrected chi connectivity index (χ1v) is 8.81. The quantitative estimate of drug-likeness (QED) is 0.760. The fourth-order valence-electron chi connectivity index (χ4n) is 2.46. The lowest BCUT2D eigenvalue weighted by molar-refractivity contribution is -0.150. The first-order valence-electron chi connectivity index (χ1n) is 7.14. The summed E-state index contributed by atoms with van der Waals surface area (Å²) in [6.45, 7) is 1.92. The van der Waals surface area contributed by atoms with Crippen LogP contribution in [0, 0.1) is 5.92 Å². The molecule has 0 amide bonds. The number of carbonyl (C=O) groups is 1. The molecule has 0 saturated carbocycles. The maximum Gasteiger partial charge on any atom is 0.309 e. The third kappa shape index (κ3) is 3.84. The first-order chi connectivity index (χ1) is 10.7. The predicted molar refractivity (Wildman–Crippen MR) is 88.8 cm³/mol. The molecule has 1 saturated heterocycles. The van der Waals surface area contributed by atoms with Gasteiger partial charge in [-0.15, -0.1) is 11.3 Å². The van der Waals surface area contributed by atoms with Crippen molar-refractivity contribution in [3.63, 3.8) is 0 Å². The molecular formula is C15H16BrN3O2S. The molecule has 0 atom stereocenters. The Morgan fingerprint density at radius 2 is 2.09 bits per heavy atom. The van der Waals surface area contributed by atoms with E-state index < -0.39 is 0 Å². The summed E-state index contributed by atoms with van der Waals surface area (Å²) in [5.74, 6) is 0.607. The second-order valence-corrected chi connectivity index (χ2v) is 7.47. The van der Waals surface area contributed by atoms with Crippen molar-refractivity contribution in [2.75, 3.05) is 18.0 Å². The summed E-state index contributed by atoms with van der Waals surface area (Å²) >= 11 is 5.00. The van der Waals surface area contributed by atoms with E-state index in [-0.39, 0.29) is 11.9 Å². The van der Waals surface area contributed by atoms with E-state index in [0.29, 0.717) is 6.61 Å². The van der Waals surface area contributed by atoms with Crippen molar-refractivity contribution in [3.8, 4) is 0 Å². The van der Waals surface area contributed by atoms with E-state index in [0.717, 1.165) is 41.2 Å². The van der Waals surface area contributed by atoms with Crippen LogP contribution in [0.25, 0.3) is 0 Å². The number of ether oxygens (including phenoxy) is 1. The fourth-order valence-corrected chi connectivity index (χ4v) is 3.66. The number of hydrogen-bond acceptors (Lipinski definition) is 6. The van der Waals surface area contributed by atoms with Crippen molar-refractivity contribution in [1.29, 1.82) is 0 Å². The van der Waals surface area contributed by atoms with Gasteiger partial charge in [0.1, 0.15) is 6.61 Å². The number of hydrogen-bond donors (Lipinski definition) is 0. The molecule has 1 aliphatic rings. The molecular weight excluding hydrogens is 366 g/mol. The Bertz CT molecular complexity index is 627. The largest absolute Gasteiger partial charge is 0.461 e. The van der Waals surface area contributed by atoms with Gasteiger partial charge in [0.15, 0.2) is 0 Å².